The molecule has 1 saturated heterocycles. The summed E-state index contributed by atoms with van der Waals surface area (Å²) in [5.41, 5.74) is 1.24. The fourth-order valence-electron chi connectivity index (χ4n) is 4.70. The van der Waals surface area contributed by atoms with Crippen LogP contribution in [0.1, 0.15) is 24.5 Å². The van der Waals surface area contributed by atoms with E-state index in [1.807, 2.05) is 12.2 Å². The average molecular weight is 424 g/mol. The first-order chi connectivity index (χ1) is 14.8. The highest BCUT2D eigenvalue weighted by Crippen LogP contribution is 2.52. The van der Waals surface area contributed by atoms with E-state index < -0.39 is 12.1 Å². The van der Waals surface area contributed by atoms with Gasteiger partial charge in [0, 0.05) is 5.56 Å². The van der Waals surface area contributed by atoms with Gasteiger partial charge in [0.2, 0.25) is 0 Å². The molecular formula is C23H24N2O6. The molecule has 8 heteroatoms. The van der Waals surface area contributed by atoms with Crippen LogP contribution in [0.2, 0.25) is 0 Å². The number of ether oxygens (including phenoxy) is 2. The Hall–Kier alpha value is -3.42. The summed E-state index contributed by atoms with van der Waals surface area (Å²) in [6, 6.07) is 3.37. The van der Waals surface area contributed by atoms with Crippen molar-refractivity contribution in [2.24, 2.45) is 28.8 Å². The third kappa shape index (κ3) is 3.52. The summed E-state index contributed by atoms with van der Waals surface area (Å²) < 4.78 is 11.0. The molecule has 31 heavy (non-hydrogen) atoms. The van der Waals surface area contributed by atoms with E-state index in [9.17, 15) is 14.4 Å². The minimum absolute atomic E-state index is 0.124. The van der Waals surface area contributed by atoms with Crippen molar-refractivity contribution < 1.29 is 29.0 Å². The molecule has 4 rings (SSSR count). The molecule has 0 radical (unpaired) electrons. The summed E-state index contributed by atoms with van der Waals surface area (Å²) in [6.45, 7) is 5.16. The predicted molar refractivity (Wildman–Crippen MR) is 112 cm³/mol. The van der Waals surface area contributed by atoms with Crippen molar-refractivity contribution in [2.75, 3.05) is 7.11 Å². The van der Waals surface area contributed by atoms with Crippen molar-refractivity contribution in [3.05, 3.63) is 48.1 Å². The molecule has 8 nitrogen and oxygen atoms in total. The molecule has 1 saturated carbocycles. The Bertz CT molecular complexity index is 984. The topological polar surface area (TPSA) is 106 Å². The van der Waals surface area contributed by atoms with E-state index in [-0.39, 0.29) is 35.5 Å². The number of aliphatic carboxylic acids is 1. The lowest BCUT2D eigenvalue weighted by Gasteiger charge is -2.18. The van der Waals surface area contributed by atoms with Gasteiger partial charge in [0.15, 0.2) is 17.6 Å². The number of hydrazone groups is 1. The third-order valence-electron chi connectivity index (χ3n) is 6.15. The first-order valence-electron chi connectivity index (χ1n) is 10.2. The van der Waals surface area contributed by atoms with Crippen molar-refractivity contribution in [3.63, 3.8) is 0 Å². The molecule has 0 aromatic heterocycles. The maximum absolute atomic E-state index is 12.8. The molecule has 1 aromatic rings. The SMILES string of the molecule is C=CCc1cc(C=NN2C(=O)[C@@H]3[C@H](C2=O)[C@H]2C=C[C@H]3C2)cc(OC)c1O[C@H](C)C(=O)O. The van der Waals surface area contributed by atoms with Gasteiger partial charge in [-0.1, -0.05) is 18.2 Å². The number of hydrogen-bond acceptors (Lipinski definition) is 6. The number of carboxylic acid groups (broad SMARTS) is 1. The number of imide groups is 1. The van der Waals surface area contributed by atoms with Crippen molar-refractivity contribution in [1.29, 1.82) is 0 Å². The van der Waals surface area contributed by atoms with E-state index in [1.54, 1.807) is 18.2 Å². The highest BCUT2D eigenvalue weighted by molar-refractivity contribution is 6.06. The van der Waals surface area contributed by atoms with Gasteiger partial charge in [-0.2, -0.15) is 10.1 Å². The van der Waals surface area contributed by atoms with Crippen LogP contribution in [0.25, 0.3) is 0 Å². The van der Waals surface area contributed by atoms with Gasteiger partial charge in [-0.25, -0.2) is 4.79 Å². The van der Waals surface area contributed by atoms with Crippen LogP contribution >= 0.6 is 0 Å². The molecule has 2 fully saturated rings. The number of fused-ring (bicyclic) bond motifs is 5. The van der Waals surface area contributed by atoms with Gasteiger partial charge in [0.1, 0.15) is 0 Å². The van der Waals surface area contributed by atoms with Crippen LogP contribution in [0, 0.1) is 23.7 Å². The minimum Gasteiger partial charge on any atom is -0.493 e. The summed E-state index contributed by atoms with van der Waals surface area (Å²) in [5, 5.41) is 14.3. The molecule has 5 atom stereocenters. The van der Waals surface area contributed by atoms with Crippen LogP contribution in [0.3, 0.4) is 0 Å². The van der Waals surface area contributed by atoms with Gasteiger partial charge in [-0.15, -0.1) is 6.58 Å². The van der Waals surface area contributed by atoms with Crippen LogP contribution < -0.4 is 9.47 Å². The molecule has 0 unspecified atom stereocenters. The summed E-state index contributed by atoms with van der Waals surface area (Å²) in [6.07, 6.45) is 7.36. The van der Waals surface area contributed by atoms with E-state index in [2.05, 4.69) is 11.7 Å². The number of rotatable bonds is 8. The molecule has 1 aromatic carbocycles. The number of hydrogen-bond donors (Lipinski definition) is 1. The monoisotopic (exact) mass is 424 g/mol. The number of methoxy groups -OCH3 is 1. The normalized spacial score (nSPS) is 27.1. The largest absolute Gasteiger partial charge is 0.493 e. The van der Waals surface area contributed by atoms with Crippen LogP contribution in [0.4, 0.5) is 0 Å². The number of allylic oxidation sites excluding steroid dienone is 3. The lowest BCUT2D eigenvalue weighted by atomic mass is 9.85. The Morgan fingerprint density at radius 3 is 2.48 bits per heavy atom. The number of carbonyl (C=O) groups is 3. The van der Waals surface area contributed by atoms with Crippen LogP contribution in [-0.4, -0.2) is 47.3 Å². The highest BCUT2D eigenvalue weighted by atomic mass is 16.5. The molecule has 0 spiro atoms. The van der Waals surface area contributed by atoms with Crippen molar-refractivity contribution in [3.8, 4) is 11.5 Å². The molecule has 1 aliphatic heterocycles. The predicted octanol–water partition coefficient (Wildman–Crippen LogP) is 2.42. The number of carboxylic acids is 1. The summed E-state index contributed by atoms with van der Waals surface area (Å²) in [4.78, 5) is 36.8. The number of amides is 2. The van der Waals surface area contributed by atoms with Crippen LogP contribution in [0.5, 0.6) is 11.5 Å². The first kappa shape index (κ1) is 20.8. The minimum atomic E-state index is -1.10. The second-order valence-corrected chi connectivity index (χ2v) is 8.04. The lowest BCUT2D eigenvalue weighted by molar-refractivity contribution is -0.144. The van der Waals surface area contributed by atoms with Crippen molar-refractivity contribution in [2.45, 2.75) is 25.9 Å². The maximum atomic E-state index is 12.8. The van der Waals surface area contributed by atoms with Gasteiger partial charge >= 0.3 is 5.97 Å². The van der Waals surface area contributed by atoms with Gasteiger partial charge < -0.3 is 14.6 Å². The van der Waals surface area contributed by atoms with Gasteiger partial charge in [0.25, 0.3) is 11.8 Å². The zero-order valence-corrected chi connectivity index (χ0v) is 17.4. The Kier molecular flexibility index (Phi) is 5.39. The van der Waals surface area contributed by atoms with E-state index in [4.69, 9.17) is 14.6 Å². The van der Waals surface area contributed by atoms with Crippen LogP contribution in [-0.2, 0) is 20.8 Å². The number of benzene rings is 1. The first-order valence-corrected chi connectivity index (χ1v) is 10.2. The molecule has 3 aliphatic rings. The van der Waals surface area contributed by atoms with E-state index >= 15 is 0 Å². The fourth-order valence-corrected chi connectivity index (χ4v) is 4.70. The van der Waals surface area contributed by atoms with Crippen molar-refractivity contribution >= 4 is 24.0 Å². The molecule has 2 amide bonds. The van der Waals surface area contributed by atoms with Gasteiger partial charge in [-0.3, -0.25) is 9.59 Å². The van der Waals surface area contributed by atoms with E-state index in [1.165, 1.54) is 20.2 Å². The Morgan fingerprint density at radius 1 is 1.29 bits per heavy atom. The standard InChI is InChI=1S/C23H24N2O6/c1-4-5-16-8-13(9-17(30-3)20(16)31-12(2)23(28)29)11-24-25-21(26)18-14-6-7-15(10-14)19(18)22(25)27/h4,6-9,11-12,14-15,18-19H,1,5,10H2,2-3H3,(H,28,29)/t12-,14+,15+,18-,19+/m1/s1. The molecule has 1 N–H and O–H groups in total. The smallest absolute Gasteiger partial charge is 0.344 e. The summed E-state index contributed by atoms with van der Waals surface area (Å²) in [7, 11) is 1.45. The molecule has 2 bridgehead atoms. The second-order valence-electron chi connectivity index (χ2n) is 8.04. The second kappa shape index (κ2) is 8.02. The van der Waals surface area contributed by atoms with Crippen LogP contribution in [0.15, 0.2) is 42.0 Å². The summed E-state index contributed by atoms with van der Waals surface area (Å²) in [5.74, 6) is -1.34. The molecular weight excluding hydrogens is 400 g/mol. The lowest BCUT2D eigenvalue weighted by Crippen LogP contribution is -2.28. The zero-order valence-electron chi connectivity index (χ0n) is 17.4. The number of nitrogens with zero attached hydrogens (tertiary/aromatic N) is 2. The molecule has 1 heterocycles. The van der Waals surface area contributed by atoms with Gasteiger partial charge in [-0.05, 0) is 49.3 Å². The third-order valence-corrected chi connectivity index (χ3v) is 6.15. The average Bonchev–Trinajstić information content (AvgIpc) is 3.42. The quantitative estimate of drug-likeness (QED) is 0.390. The van der Waals surface area contributed by atoms with Gasteiger partial charge in [0.05, 0.1) is 25.2 Å². The molecule has 162 valence electrons. The number of carbonyl (C=O) groups excluding carboxylic acids is 2. The van der Waals surface area contributed by atoms with E-state index in [0.717, 1.165) is 11.4 Å². The Labute approximate surface area is 179 Å². The highest BCUT2D eigenvalue weighted by Gasteiger charge is 2.59. The Morgan fingerprint density at radius 2 is 1.94 bits per heavy atom. The Balaban J connectivity index is 1.61. The maximum Gasteiger partial charge on any atom is 0.344 e. The molecule has 2 aliphatic carbocycles. The fraction of sp³-hybridized carbons (Fsp3) is 0.391. The van der Waals surface area contributed by atoms with E-state index in [0.29, 0.717) is 29.0 Å². The zero-order chi connectivity index (χ0) is 22.3. The van der Waals surface area contributed by atoms with Crippen molar-refractivity contribution in [1.82, 2.24) is 5.01 Å². The summed E-state index contributed by atoms with van der Waals surface area (Å²) >= 11 is 0.